The van der Waals surface area contributed by atoms with Crippen LogP contribution in [0.25, 0.3) is 16.9 Å². The van der Waals surface area contributed by atoms with Gasteiger partial charge in [0, 0.05) is 63.5 Å². The molecule has 1 saturated heterocycles. The second kappa shape index (κ2) is 9.56. The van der Waals surface area contributed by atoms with Gasteiger partial charge in [-0.05, 0) is 38.1 Å². The third-order valence-corrected chi connectivity index (χ3v) is 8.77. The Morgan fingerprint density at radius 1 is 1.09 bits per heavy atom. The molecule has 0 saturated carbocycles. The SMILES string of the molecule is CC(=O)N1CCN(Cc2c(-c3ccc(Cl)cc3)nc3ccc(N(C)S(=O)(=O)C(C)C)cn23)CC1. The van der Waals surface area contributed by atoms with Crippen molar-refractivity contribution >= 4 is 38.9 Å². The molecular formula is C24H30ClN5O3S. The number of hydrogen-bond donors (Lipinski definition) is 0. The summed E-state index contributed by atoms with van der Waals surface area (Å²) < 4.78 is 28.8. The number of benzene rings is 1. The smallest absolute Gasteiger partial charge is 0.237 e. The number of aromatic nitrogens is 2. The number of pyridine rings is 1. The van der Waals surface area contributed by atoms with Crippen LogP contribution in [-0.4, -0.2) is 72.0 Å². The van der Waals surface area contributed by atoms with Crippen LogP contribution in [0.1, 0.15) is 26.5 Å². The Kier molecular flexibility index (Phi) is 6.89. The van der Waals surface area contributed by atoms with E-state index in [1.54, 1.807) is 33.9 Å². The van der Waals surface area contributed by atoms with Crippen LogP contribution in [0.3, 0.4) is 0 Å². The number of anilines is 1. The molecule has 1 aliphatic rings. The monoisotopic (exact) mass is 503 g/mol. The minimum Gasteiger partial charge on any atom is -0.340 e. The first-order valence-electron chi connectivity index (χ1n) is 11.3. The first kappa shape index (κ1) is 24.5. The summed E-state index contributed by atoms with van der Waals surface area (Å²) >= 11 is 6.11. The molecule has 10 heteroatoms. The molecule has 1 aliphatic heterocycles. The Morgan fingerprint density at radius 2 is 1.74 bits per heavy atom. The van der Waals surface area contributed by atoms with Crippen molar-refractivity contribution in [2.45, 2.75) is 32.6 Å². The lowest BCUT2D eigenvalue weighted by Gasteiger charge is -2.34. The molecule has 34 heavy (non-hydrogen) atoms. The Morgan fingerprint density at radius 3 is 2.32 bits per heavy atom. The maximum absolute atomic E-state index is 12.8. The number of carbonyl (C=O) groups excluding carboxylic acids is 1. The van der Waals surface area contributed by atoms with Crippen molar-refractivity contribution < 1.29 is 13.2 Å². The second-order valence-electron chi connectivity index (χ2n) is 8.87. The summed E-state index contributed by atoms with van der Waals surface area (Å²) in [5.41, 5.74) is 4.04. The lowest BCUT2D eigenvalue weighted by molar-refractivity contribution is -0.130. The van der Waals surface area contributed by atoms with E-state index in [-0.39, 0.29) is 5.91 Å². The normalized spacial score (nSPS) is 15.3. The standard InChI is InChI=1S/C24H30ClN5O3S/c1-17(2)34(32,33)27(4)21-9-10-23-26-24(19-5-7-20(25)8-6-19)22(30(23)15-21)16-28-11-13-29(14-12-28)18(3)31/h5-10,15,17H,11-14,16H2,1-4H3. The number of rotatable bonds is 6. The molecule has 0 atom stereocenters. The van der Waals surface area contributed by atoms with Gasteiger partial charge < -0.3 is 4.90 Å². The molecule has 1 aromatic carbocycles. The average Bonchev–Trinajstić information content (AvgIpc) is 3.16. The lowest BCUT2D eigenvalue weighted by Crippen LogP contribution is -2.47. The van der Waals surface area contributed by atoms with Gasteiger partial charge >= 0.3 is 0 Å². The predicted octanol–water partition coefficient (Wildman–Crippen LogP) is 3.49. The maximum Gasteiger partial charge on any atom is 0.237 e. The van der Waals surface area contributed by atoms with Gasteiger partial charge in [-0.1, -0.05) is 23.7 Å². The average molecular weight is 504 g/mol. The van der Waals surface area contributed by atoms with Crippen molar-refractivity contribution in [2.75, 3.05) is 37.5 Å². The van der Waals surface area contributed by atoms with Crippen molar-refractivity contribution in [1.29, 1.82) is 0 Å². The van der Waals surface area contributed by atoms with Crippen LogP contribution in [0.15, 0.2) is 42.6 Å². The zero-order valence-corrected chi connectivity index (χ0v) is 21.5. The number of amides is 1. The fourth-order valence-electron chi connectivity index (χ4n) is 4.15. The van der Waals surface area contributed by atoms with Crippen LogP contribution >= 0.6 is 11.6 Å². The lowest BCUT2D eigenvalue weighted by atomic mass is 10.1. The largest absolute Gasteiger partial charge is 0.340 e. The summed E-state index contributed by atoms with van der Waals surface area (Å²) in [4.78, 5) is 20.8. The van der Waals surface area contributed by atoms with Crippen LogP contribution in [0, 0.1) is 0 Å². The molecule has 0 bridgehead atoms. The Hall–Kier alpha value is -2.62. The molecule has 182 valence electrons. The molecular weight excluding hydrogens is 474 g/mol. The van der Waals surface area contributed by atoms with Gasteiger partial charge in [0.1, 0.15) is 5.65 Å². The molecule has 0 N–H and O–H groups in total. The van der Waals surface area contributed by atoms with Gasteiger partial charge in [0.2, 0.25) is 15.9 Å². The number of sulfonamides is 1. The third kappa shape index (κ3) is 4.78. The van der Waals surface area contributed by atoms with Gasteiger partial charge in [-0.2, -0.15) is 0 Å². The van der Waals surface area contributed by atoms with Gasteiger partial charge in [-0.3, -0.25) is 18.4 Å². The fourth-order valence-corrected chi connectivity index (χ4v) is 5.31. The van der Waals surface area contributed by atoms with E-state index in [4.69, 9.17) is 16.6 Å². The van der Waals surface area contributed by atoms with Gasteiger partial charge in [-0.25, -0.2) is 13.4 Å². The van der Waals surface area contributed by atoms with Crippen LogP contribution in [-0.2, 0) is 21.4 Å². The molecule has 3 heterocycles. The number of hydrogen-bond acceptors (Lipinski definition) is 5. The van der Waals surface area contributed by atoms with Crippen LogP contribution in [0.4, 0.5) is 5.69 Å². The predicted molar refractivity (Wildman–Crippen MR) is 136 cm³/mol. The molecule has 0 unspecified atom stereocenters. The summed E-state index contributed by atoms with van der Waals surface area (Å²) in [5.74, 6) is 0.0929. The van der Waals surface area contributed by atoms with E-state index in [1.807, 2.05) is 45.8 Å². The summed E-state index contributed by atoms with van der Waals surface area (Å²) in [6, 6.07) is 11.2. The Labute approximate surface area is 205 Å². The summed E-state index contributed by atoms with van der Waals surface area (Å²) in [6.45, 7) is 8.45. The number of imidazole rings is 1. The van der Waals surface area contributed by atoms with Crippen LogP contribution < -0.4 is 4.31 Å². The highest BCUT2D eigenvalue weighted by atomic mass is 35.5. The third-order valence-electron chi connectivity index (χ3n) is 6.35. The van der Waals surface area contributed by atoms with E-state index >= 15 is 0 Å². The van der Waals surface area contributed by atoms with E-state index in [1.165, 1.54) is 4.31 Å². The van der Waals surface area contributed by atoms with Gasteiger partial charge in [0.25, 0.3) is 0 Å². The van der Waals surface area contributed by atoms with Crippen LogP contribution in [0.5, 0.6) is 0 Å². The number of halogens is 1. The van der Waals surface area contributed by atoms with E-state index < -0.39 is 15.3 Å². The van der Waals surface area contributed by atoms with Gasteiger partial charge in [-0.15, -0.1) is 0 Å². The quantitative estimate of drug-likeness (QED) is 0.514. The van der Waals surface area contributed by atoms with E-state index in [2.05, 4.69) is 4.90 Å². The highest BCUT2D eigenvalue weighted by Crippen LogP contribution is 2.29. The molecule has 0 radical (unpaired) electrons. The number of piperazine rings is 1. The highest BCUT2D eigenvalue weighted by molar-refractivity contribution is 7.93. The van der Waals surface area contributed by atoms with Crippen molar-refractivity contribution in [3.8, 4) is 11.3 Å². The maximum atomic E-state index is 12.8. The topological polar surface area (TPSA) is 78.2 Å². The minimum atomic E-state index is -3.47. The Balaban J connectivity index is 1.76. The Bertz CT molecular complexity index is 1300. The molecule has 8 nitrogen and oxygen atoms in total. The first-order chi connectivity index (χ1) is 16.1. The number of fused-ring (bicyclic) bond motifs is 1. The second-order valence-corrected chi connectivity index (χ2v) is 11.8. The zero-order valence-electron chi connectivity index (χ0n) is 19.9. The summed E-state index contributed by atoms with van der Waals surface area (Å²) in [7, 11) is -1.89. The first-order valence-corrected chi connectivity index (χ1v) is 13.2. The molecule has 0 spiro atoms. The van der Waals surface area contributed by atoms with Crippen LogP contribution in [0.2, 0.25) is 5.02 Å². The zero-order chi connectivity index (χ0) is 24.6. The molecule has 3 aromatic rings. The van der Waals surface area contributed by atoms with Crippen molar-refractivity contribution in [3.05, 3.63) is 53.3 Å². The molecule has 1 amide bonds. The number of carbonyl (C=O) groups is 1. The highest BCUT2D eigenvalue weighted by Gasteiger charge is 2.25. The molecule has 0 aliphatic carbocycles. The minimum absolute atomic E-state index is 0.0929. The van der Waals surface area contributed by atoms with Gasteiger partial charge in [0.15, 0.2) is 0 Å². The fraction of sp³-hybridized carbons (Fsp3) is 0.417. The molecule has 2 aromatic heterocycles. The summed E-state index contributed by atoms with van der Waals surface area (Å²) in [5, 5.41) is 0.120. The van der Waals surface area contributed by atoms with Crippen molar-refractivity contribution in [3.63, 3.8) is 0 Å². The molecule has 1 fully saturated rings. The van der Waals surface area contributed by atoms with Gasteiger partial charge in [0.05, 0.1) is 22.3 Å². The van der Waals surface area contributed by atoms with E-state index in [9.17, 15) is 13.2 Å². The molecule has 4 rings (SSSR count). The number of nitrogens with zero attached hydrogens (tertiary/aromatic N) is 5. The van der Waals surface area contributed by atoms with Crippen molar-refractivity contribution in [2.24, 2.45) is 0 Å². The van der Waals surface area contributed by atoms with Crippen molar-refractivity contribution in [1.82, 2.24) is 19.2 Å². The summed E-state index contributed by atoms with van der Waals surface area (Å²) in [6.07, 6.45) is 1.84. The van der Waals surface area contributed by atoms with E-state index in [0.29, 0.717) is 30.3 Å². The van der Waals surface area contributed by atoms with E-state index in [0.717, 1.165) is 35.7 Å².